The number of nitrogens with two attached hydrogens (primary N) is 1. The van der Waals surface area contributed by atoms with E-state index in [2.05, 4.69) is 10.1 Å². The first-order valence-corrected chi connectivity index (χ1v) is 5.17. The van der Waals surface area contributed by atoms with Crippen molar-refractivity contribution < 1.29 is 9.32 Å². The van der Waals surface area contributed by atoms with E-state index in [0.29, 0.717) is 12.2 Å². The molecule has 0 saturated carbocycles. The number of aryl methyl sites for hydroxylation is 2. The van der Waals surface area contributed by atoms with Gasteiger partial charge in [-0.1, -0.05) is 35.5 Å². The minimum atomic E-state index is -0.580. The topological polar surface area (TPSA) is 94.0 Å². The summed E-state index contributed by atoms with van der Waals surface area (Å²) >= 11 is 0. The number of carbonyl (C=O) groups excluding carboxylic acids is 1. The van der Waals surface area contributed by atoms with Crippen LogP contribution in [-0.2, 0) is 12.8 Å². The van der Waals surface area contributed by atoms with Gasteiger partial charge in [-0.15, -0.1) is 0 Å². The number of hydrogen-bond donors (Lipinski definition) is 2. The molecule has 1 heterocycles. The molecule has 0 unspecified atom stereocenters. The molecule has 0 aliphatic rings. The standard InChI is InChI=1S/C11H12N4O2/c12-14-10(16)11-13-9(15-17-11)7-6-8-4-2-1-3-5-8/h1-5H,6-7,12H2,(H,14,16). The molecule has 0 bridgehead atoms. The van der Waals surface area contributed by atoms with Gasteiger partial charge in [-0.05, 0) is 12.0 Å². The van der Waals surface area contributed by atoms with Gasteiger partial charge >= 0.3 is 11.8 Å². The van der Waals surface area contributed by atoms with Gasteiger partial charge in [0, 0.05) is 6.42 Å². The van der Waals surface area contributed by atoms with Crippen molar-refractivity contribution in [3.8, 4) is 0 Å². The smallest absolute Gasteiger partial charge is 0.323 e. The van der Waals surface area contributed by atoms with Crippen molar-refractivity contribution in [1.29, 1.82) is 0 Å². The van der Waals surface area contributed by atoms with Crippen LogP contribution in [0.2, 0.25) is 0 Å². The summed E-state index contributed by atoms with van der Waals surface area (Å²) in [6, 6.07) is 9.94. The van der Waals surface area contributed by atoms with Crippen LogP contribution in [-0.4, -0.2) is 16.0 Å². The predicted molar refractivity (Wildman–Crippen MR) is 59.8 cm³/mol. The van der Waals surface area contributed by atoms with Gasteiger partial charge in [-0.25, -0.2) is 5.84 Å². The summed E-state index contributed by atoms with van der Waals surface area (Å²) in [6.45, 7) is 0. The maximum atomic E-state index is 11.1. The van der Waals surface area contributed by atoms with E-state index in [0.717, 1.165) is 6.42 Å². The van der Waals surface area contributed by atoms with Crippen LogP contribution >= 0.6 is 0 Å². The number of nitrogens with zero attached hydrogens (tertiary/aromatic N) is 2. The van der Waals surface area contributed by atoms with Crippen LogP contribution < -0.4 is 11.3 Å². The molecule has 1 amide bonds. The van der Waals surface area contributed by atoms with Gasteiger partial charge in [0.25, 0.3) is 0 Å². The van der Waals surface area contributed by atoms with Crippen LogP contribution in [0.15, 0.2) is 34.9 Å². The van der Waals surface area contributed by atoms with Crippen LogP contribution in [0.25, 0.3) is 0 Å². The van der Waals surface area contributed by atoms with Crippen molar-refractivity contribution in [3.63, 3.8) is 0 Å². The highest BCUT2D eigenvalue weighted by atomic mass is 16.5. The molecule has 3 N–H and O–H groups in total. The van der Waals surface area contributed by atoms with E-state index in [9.17, 15) is 4.79 Å². The highest BCUT2D eigenvalue weighted by Crippen LogP contribution is 2.04. The van der Waals surface area contributed by atoms with Gasteiger partial charge < -0.3 is 4.52 Å². The summed E-state index contributed by atoms with van der Waals surface area (Å²) in [7, 11) is 0. The van der Waals surface area contributed by atoms with Crippen LogP contribution in [0.1, 0.15) is 22.1 Å². The molecule has 2 rings (SSSR count). The van der Waals surface area contributed by atoms with Crippen molar-refractivity contribution >= 4 is 5.91 Å². The number of nitrogens with one attached hydrogen (secondary N) is 1. The Morgan fingerprint density at radius 1 is 1.29 bits per heavy atom. The fourth-order valence-electron chi connectivity index (χ4n) is 1.41. The average Bonchev–Trinajstić information content (AvgIpc) is 2.85. The van der Waals surface area contributed by atoms with E-state index in [4.69, 9.17) is 10.4 Å². The van der Waals surface area contributed by atoms with Gasteiger partial charge in [-0.2, -0.15) is 4.98 Å². The normalized spacial score (nSPS) is 10.2. The Kier molecular flexibility index (Phi) is 3.46. The van der Waals surface area contributed by atoms with E-state index in [1.165, 1.54) is 5.56 Å². The first kappa shape index (κ1) is 11.3. The lowest BCUT2D eigenvalue weighted by molar-refractivity contribution is 0.0910. The number of nitrogen functional groups attached to an aromatic ring is 1. The molecule has 0 aliphatic heterocycles. The highest BCUT2D eigenvalue weighted by molar-refractivity contribution is 5.88. The fraction of sp³-hybridized carbons (Fsp3) is 0.182. The predicted octanol–water partition coefficient (Wildman–Crippen LogP) is 0.458. The van der Waals surface area contributed by atoms with Crippen LogP contribution in [0, 0.1) is 0 Å². The molecule has 0 fully saturated rings. The molecule has 0 aliphatic carbocycles. The highest BCUT2D eigenvalue weighted by Gasteiger charge is 2.13. The largest absolute Gasteiger partial charge is 0.328 e. The Hall–Kier alpha value is -2.21. The molecule has 1 aromatic carbocycles. The second-order valence-corrected chi connectivity index (χ2v) is 3.47. The quantitative estimate of drug-likeness (QED) is 0.453. The summed E-state index contributed by atoms with van der Waals surface area (Å²) in [4.78, 5) is 15.0. The fourth-order valence-corrected chi connectivity index (χ4v) is 1.41. The summed E-state index contributed by atoms with van der Waals surface area (Å²) < 4.78 is 4.75. The molecule has 2 aromatic rings. The van der Waals surface area contributed by atoms with E-state index >= 15 is 0 Å². The molecule has 6 heteroatoms. The van der Waals surface area contributed by atoms with Crippen molar-refractivity contribution in [1.82, 2.24) is 15.6 Å². The van der Waals surface area contributed by atoms with E-state index < -0.39 is 5.91 Å². The lowest BCUT2D eigenvalue weighted by Crippen LogP contribution is -2.30. The summed E-state index contributed by atoms with van der Waals surface area (Å²) in [5, 5.41) is 3.70. The van der Waals surface area contributed by atoms with Crippen molar-refractivity contribution in [3.05, 3.63) is 47.6 Å². The Balaban J connectivity index is 1.96. The number of aromatic nitrogens is 2. The Labute approximate surface area is 97.8 Å². The van der Waals surface area contributed by atoms with E-state index in [1.54, 1.807) is 0 Å². The number of hydrogen-bond acceptors (Lipinski definition) is 5. The van der Waals surface area contributed by atoms with Crippen LogP contribution in [0.4, 0.5) is 0 Å². The van der Waals surface area contributed by atoms with E-state index in [-0.39, 0.29) is 5.89 Å². The molecular formula is C11H12N4O2. The molecule has 0 saturated heterocycles. The number of carbonyl (C=O) groups is 1. The zero-order chi connectivity index (χ0) is 12.1. The zero-order valence-corrected chi connectivity index (χ0v) is 9.09. The van der Waals surface area contributed by atoms with Crippen molar-refractivity contribution in [2.24, 2.45) is 5.84 Å². The Bertz CT molecular complexity index is 495. The molecular weight excluding hydrogens is 220 g/mol. The second-order valence-electron chi connectivity index (χ2n) is 3.47. The first-order chi connectivity index (χ1) is 8.29. The molecule has 88 valence electrons. The molecule has 6 nitrogen and oxygen atoms in total. The monoisotopic (exact) mass is 232 g/mol. The van der Waals surface area contributed by atoms with Gasteiger partial charge in [-0.3, -0.25) is 10.2 Å². The second kappa shape index (κ2) is 5.22. The van der Waals surface area contributed by atoms with E-state index in [1.807, 2.05) is 35.8 Å². The summed E-state index contributed by atoms with van der Waals surface area (Å²) in [5.41, 5.74) is 3.12. The minimum absolute atomic E-state index is 0.115. The van der Waals surface area contributed by atoms with Crippen molar-refractivity contribution in [2.45, 2.75) is 12.8 Å². The lowest BCUT2D eigenvalue weighted by atomic mass is 10.1. The summed E-state index contributed by atoms with van der Waals surface area (Å²) in [5.74, 6) is 4.75. The summed E-state index contributed by atoms with van der Waals surface area (Å²) in [6.07, 6.45) is 1.41. The van der Waals surface area contributed by atoms with Gasteiger partial charge in [0.2, 0.25) is 0 Å². The maximum Gasteiger partial charge on any atom is 0.323 e. The van der Waals surface area contributed by atoms with Gasteiger partial charge in [0.05, 0.1) is 0 Å². The third-order valence-corrected chi connectivity index (χ3v) is 2.27. The molecule has 0 atom stereocenters. The number of rotatable bonds is 4. The average molecular weight is 232 g/mol. The first-order valence-electron chi connectivity index (χ1n) is 5.17. The third-order valence-electron chi connectivity index (χ3n) is 2.27. The number of amides is 1. The molecule has 0 spiro atoms. The van der Waals surface area contributed by atoms with Crippen LogP contribution in [0.3, 0.4) is 0 Å². The SMILES string of the molecule is NNC(=O)c1nc(CCc2ccccc2)no1. The van der Waals surface area contributed by atoms with Crippen LogP contribution in [0.5, 0.6) is 0 Å². The minimum Gasteiger partial charge on any atom is -0.328 e. The lowest BCUT2D eigenvalue weighted by Gasteiger charge is -1.96. The third kappa shape index (κ3) is 2.88. The molecule has 17 heavy (non-hydrogen) atoms. The molecule has 1 aromatic heterocycles. The Morgan fingerprint density at radius 2 is 2.06 bits per heavy atom. The maximum absolute atomic E-state index is 11.1. The molecule has 0 radical (unpaired) electrons. The number of hydrazine groups is 1. The van der Waals surface area contributed by atoms with Gasteiger partial charge in [0.15, 0.2) is 5.82 Å². The number of benzene rings is 1. The van der Waals surface area contributed by atoms with Crippen molar-refractivity contribution in [2.75, 3.05) is 0 Å². The Morgan fingerprint density at radius 3 is 2.76 bits per heavy atom. The zero-order valence-electron chi connectivity index (χ0n) is 9.09. The van der Waals surface area contributed by atoms with Gasteiger partial charge in [0.1, 0.15) is 0 Å².